The van der Waals surface area contributed by atoms with E-state index in [1.54, 1.807) is 0 Å². The standard InChI is InChI=1S/C19H24O/c1-2-4-9-16(8-3-1)14-15-20-19-13-7-11-17-10-5-6-12-18(17)19/h5-7,10-13,16H,1-4,8-9,14-15H2. The van der Waals surface area contributed by atoms with Crippen LogP contribution in [0.1, 0.15) is 44.9 Å². The van der Waals surface area contributed by atoms with Gasteiger partial charge in [-0.05, 0) is 23.8 Å². The lowest BCUT2D eigenvalue weighted by atomic mass is 9.97. The first-order valence-electron chi connectivity index (χ1n) is 8.04. The molecule has 0 aliphatic heterocycles. The largest absolute Gasteiger partial charge is 0.493 e. The molecule has 2 aromatic carbocycles. The quantitative estimate of drug-likeness (QED) is 0.658. The highest BCUT2D eigenvalue weighted by atomic mass is 16.5. The molecule has 1 fully saturated rings. The average Bonchev–Trinajstić information content (AvgIpc) is 2.76. The van der Waals surface area contributed by atoms with Crippen molar-refractivity contribution in [2.24, 2.45) is 5.92 Å². The Morgan fingerprint density at radius 1 is 0.850 bits per heavy atom. The topological polar surface area (TPSA) is 9.23 Å². The van der Waals surface area contributed by atoms with E-state index in [2.05, 4.69) is 42.5 Å². The van der Waals surface area contributed by atoms with Crippen LogP contribution in [0.25, 0.3) is 10.8 Å². The van der Waals surface area contributed by atoms with Gasteiger partial charge in [-0.1, -0.05) is 74.9 Å². The molecule has 0 saturated heterocycles. The third-order valence-corrected chi connectivity index (χ3v) is 4.51. The third kappa shape index (κ3) is 3.33. The maximum Gasteiger partial charge on any atom is 0.127 e. The molecule has 1 aliphatic carbocycles. The minimum Gasteiger partial charge on any atom is -0.493 e. The molecule has 0 bridgehead atoms. The minimum atomic E-state index is 0.860. The van der Waals surface area contributed by atoms with Crippen LogP contribution in [0.2, 0.25) is 0 Å². The Labute approximate surface area is 122 Å². The molecule has 2 aromatic rings. The van der Waals surface area contributed by atoms with Crippen LogP contribution in [0.3, 0.4) is 0 Å². The zero-order valence-corrected chi connectivity index (χ0v) is 12.2. The lowest BCUT2D eigenvalue weighted by Gasteiger charge is -2.15. The van der Waals surface area contributed by atoms with Gasteiger partial charge < -0.3 is 4.74 Å². The fourth-order valence-corrected chi connectivity index (χ4v) is 3.31. The molecule has 0 N–H and O–H groups in total. The summed E-state index contributed by atoms with van der Waals surface area (Å²) in [4.78, 5) is 0. The van der Waals surface area contributed by atoms with Gasteiger partial charge in [0.2, 0.25) is 0 Å². The number of benzene rings is 2. The maximum absolute atomic E-state index is 6.06. The van der Waals surface area contributed by atoms with Crippen LogP contribution in [-0.4, -0.2) is 6.61 Å². The van der Waals surface area contributed by atoms with Crippen LogP contribution in [-0.2, 0) is 0 Å². The highest BCUT2D eigenvalue weighted by Crippen LogP contribution is 2.28. The molecule has 0 unspecified atom stereocenters. The second-order valence-corrected chi connectivity index (χ2v) is 5.97. The number of hydrogen-bond donors (Lipinski definition) is 0. The molecular weight excluding hydrogens is 244 g/mol. The SMILES string of the molecule is c1ccc2c(OCCC3CCCCCC3)cccc2c1. The van der Waals surface area contributed by atoms with Crippen LogP contribution in [0.4, 0.5) is 0 Å². The van der Waals surface area contributed by atoms with Crippen molar-refractivity contribution in [1.29, 1.82) is 0 Å². The molecule has 0 aromatic heterocycles. The Kier molecular flexibility index (Phi) is 4.57. The van der Waals surface area contributed by atoms with E-state index in [0.29, 0.717) is 0 Å². The summed E-state index contributed by atoms with van der Waals surface area (Å²) in [5.74, 6) is 1.92. The summed E-state index contributed by atoms with van der Waals surface area (Å²) in [5.41, 5.74) is 0. The zero-order chi connectivity index (χ0) is 13.6. The van der Waals surface area contributed by atoms with E-state index < -0.39 is 0 Å². The average molecular weight is 268 g/mol. The van der Waals surface area contributed by atoms with Gasteiger partial charge in [0.1, 0.15) is 5.75 Å². The van der Waals surface area contributed by atoms with Crippen molar-refractivity contribution in [2.45, 2.75) is 44.9 Å². The lowest BCUT2D eigenvalue weighted by molar-refractivity contribution is 0.269. The van der Waals surface area contributed by atoms with Crippen molar-refractivity contribution < 1.29 is 4.74 Å². The summed E-state index contributed by atoms with van der Waals surface area (Å²) in [7, 11) is 0. The Bertz CT molecular complexity index is 533. The second-order valence-electron chi connectivity index (χ2n) is 5.97. The molecule has 1 heteroatoms. The van der Waals surface area contributed by atoms with Crippen molar-refractivity contribution in [3.63, 3.8) is 0 Å². The Morgan fingerprint density at radius 3 is 2.45 bits per heavy atom. The molecule has 1 aliphatic rings. The fourth-order valence-electron chi connectivity index (χ4n) is 3.31. The van der Waals surface area contributed by atoms with E-state index in [0.717, 1.165) is 18.3 Å². The van der Waals surface area contributed by atoms with Crippen molar-refractivity contribution in [3.05, 3.63) is 42.5 Å². The first-order valence-corrected chi connectivity index (χ1v) is 8.04. The first-order chi connectivity index (χ1) is 9.93. The normalized spacial score (nSPS) is 17.0. The molecule has 1 nitrogen and oxygen atoms in total. The summed E-state index contributed by atoms with van der Waals surface area (Å²) < 4.78 is 6.06. The molecule has 0 amide bonds. The lowest BCUT2D eigenvalue weighted by Crippen LogP contribution is -2.06. The maximum atomic E-state index is 6.06. The number of fused-ring (bicyclic) bond motifs is 1. The number of rotatable bonds is 4. The van der Waals surface area contributed by atoms with Gasteiger partial charge in [0.25, 0.3) is 0 Å². The van der Waals surface area contributed by atoms with Crippen molar-refractivity contribution in [1.82, 2.24) is 0 Å². The van der Waals surface area contributed by atoms with Gasteiger partial charge in [-0.2, -0.15) is 0 Å². The molecule has 0 spiro atoms. The van der Waals surface area contributed by atoms with Gasteiger partial charge in [0.15, 0.2) is 0 Å². The molecule has 0 radical (unpaired) electrons. The van der Waals surface area contributed by atoms with Crippen LogP contribution in [0.15, 0.2) is 42.5 Å². The minimum absolute atomic E-state index is 0.860. The Hall–Kier alpha value is -1.50. The van der Waals surface area contributed by atoms with Crippen molar-refractivity contribution in [2.75, 3.05) is 6.61 Å². The van der Waals surface area contributed by atoms with Crippen molar-refractivity contribution in [3.8, 4) is 5.75 Å². The molecule has 20 heavy (non-hydrogen) atoms. The molecule has 0 atom stereocenters. The highest BCUT2D eigenvalue weighted by molar-refractivity contribution is 5.88. The van der Waals surface area contributed by atoms with Gasteiger partial charge >= 0.3 is 0 Å². The van der Waals surface area contributed by atoms with E-state index in [-0.39, 0.29) is 0 Å². The van der Waals surface area contributed by atoms with Gasteiger partial charge in [0, 0.05) is 5.39 Å². The number of ether oxygens (including phenoxy) is 1. The smallest absolute Gasteiger partial charge is 0.127 e. The second kappa shape index (κ2) is 6.78. The molecule has 106 valence electrons. The predicted octanol–water partition coefficient (Wildman–Crippen LogP) is 5.58. The van der Waals surface area contributed by atoms with Crippen LogP contribution < -0.4 is 4.74 Å². The molecule has 0 heterocycles. The van der Waals surface area contributed by atoms with Gasteiger partial charge in [-0.3, -0.25) is 0 Å². The van der Waals surface area contributed by atoms with Gasteiger partial charge in [0.05, 0.1) is 6.61 Å². The number of hydrogen-bond acceptors (Lipinski definition) is 1. The van der Waals surface area contributed by atoms with E-state index in [1.807, 2.05) is 0 Å². The Morgan fingerprint density at radius 2 is 1.60 bits per heavy atom. The zero-order valence-electron chi connectivity index (χ0n) is 12.2. The molecular formula is C19H24O. The summed E-state index contributed by atoms with van der Waals surface area (Å²) in [6.45, 7) is 0.860. The predicted molar refractivity (Wildman–Crippen MR) is 85.3 cm³/mol. The molecule has 3 rings (SSSR count). The fraction of sp³-hybridized carbons (Fsp3) is 0.474. The third-order valence-electron chi connectivity index (χ3n) is 4.51. The summed E-state index contributed by atoms with van der Waals surface area (Å²) in [6, 6.07) is 14.8. The van der Waals surface area contributed by atoms with Crippen molar-refractivity contribution >= 4 is 10.8 Å². The van der Waals surface area contributed by atoms with Crippen LogP contribution in [0.5, 0.6) is 5.75 Å². The van der Waals surface area contributed by atoms with E-state index >= 15 is 0 Å². The highest BCUT2D eigenvalue weighted by Gasteiger charge is 2.12. The summed E-state index contributed by atoms with van der Waals surface area (Å²) in [6.07, 6.45) is 9.71. The Balaban J connectivity index is 1.59. The summed E-state index contributed by atoms with van der Waals surface area (Å²) >= 11 is 0. The monoisotopic (exact) mass is 268 g/mol. The van der Waals surface area contributed by atoms with E-state index in [1.165, 1.54) is 55.7 Å². The molecule has 1 saturated carbocycles. The van der Waals surface area contributed by atoms with Gasteiger partial charge in [-0.15, -0.1) is 0 Å². The van der Waals surface area contributed by atoms with E-state index in [4.69, 9.17) is 4.74 Å². The van der Waals surface area contributed by atoms with Gasteiger partial charge in [-0.25, -0.2) is 0 Å². The first kappa shape index (κ1) is 13.5. The van der Waals surface area contributed by atoms with Crippen LogP contribution >= 0.6 is 0 Å². The summed E-state index contributed by atoms with van der Waals surface area (Å²) in [5, 5.41) is 2.50. The van der Waals surface area contributed by atoms with E-state index in [9.17, 15) is 0 Å². The van der Waals surface area contributed by atoms with Crippen LogP contribution in [0, 0.1) is 5.92 Å².